The highest BCUT2D eigenvalue weighted by Gasteiger charge is 2.37. The lowest BCUT2D eigenvalue weighted by Gasteiger charge is -2.12. The number of imide groups is 1. The molecular formula is C15H12N2O2. The van der Waals surface area contributed by atoms with Crippen molar-refractivity contribution in [2.75, 3.05) is 4.90 Å². The van der Waals surface area contributed by atoms with Crippen molar-refractivity contribution in [2.45, 2.75) is 13.3 Å². The summed E-state index contributed by atoms with van der Waals surface area (Å²) in [5.74, 6) is -0.650. The van der Waals surface area contributed by atoms with Gasteiger partial charge in [-0.05, 0) is 30.2 Å². The van der Waals surface area contributed by atoms with Crippen molar-refractivity contribution in [3.05, 3.63) is 59.4 Å². The van der Waals surface area contributed by atoms with Crippen molar-refractivity contribution < 1.29 is 9.59 Å². The van der Waals surface area contributed by atoms with Crippen LogP contribution in [-0.4, -0.2) is 16.8 Å². The van der Waals surface area contributed by atoms with Crippen LogP contribution in [0.4, 0.5) is 5.69 Å². The molecule has 0 spiro atoms. The van der Waals surface area contributed by atoms with E-state index >= 15 is 0 Å². The summed E-state index contributed by atoms with van der Waals surface area (Å²) < 4.78 is 0. The molecule has 19 heavy (non-hydrogen) atoms. The van der Waals surface area contributed by atoms with E-state index in [0.29, 0.717) is 11.3 Å². The number of aryl methyl sites for hydroxylation is 1. The van der Waals surface area contributed by atoms with E-state index < -0.39 is 0 Å². The number of carbonyl (C=O) groups excluding carboxylic acids is 2. The quantitative estimate of drug-likeness (QED) is 0.771. The molecule has 1 aromatic carbocycles. The van der Waals surface area contributed by atoms with Crippen LogP contribution in [0.15, 0.2) is 42.6 Å². The van der Waals surface area contributed by atoms with E-state index in [1.165, 1.54) is 4.90 Å². The molecule has 3 rings (SSSR count). The third-order valence-electron chi connectivity index (χ3n) is 3.21. The number of hydrogen-bond donors (Lipinski definition) is 0. The number of aromatic nitrogens is 1. The summed E-state index contributed by atoms with van der Waals surface area (Å²) in [5.41, 5.74) is 2.17. The van der Waals surface area contributed by atoms with Gasteiger partial charge in [-0.1, -0.05) is 25.1 Å². The Kier molecular flexibility index (Phi) is 2.63. The molecule has 0 bridgehead atoms. The molecule has 0 aliphatic carbocycles. The van der Waals surface area contributed by atoms with E-state index in [-0.39, 0.29) is 17.5 Å². The van der Waals surface area contributed by atoms with E-state index in [9.17, 15) is 9.59 Å². The van der Waals surface area contributed by atoms with Crippen molar-refractivity contribution in [1.29, 1.82) is 0 Å². The second-order valence-corrected chi connectivity index (χ2v) is 4.37. The van der Waals surface area contributed by atoms with E-state index in [2.05, 4.69) is 4.98 Å². The van der Waals surface area contributed by atoms with Gasteiger partial charge in [0.1, 0.15) is 5.69 Å². The van der Waals surface area contributed by atoms with Crippen molar-refractivity contribution in [3.63, 3.8) is 0 Å². The molecule has 0 N–H and O–H groups in total. The molecule has 0 unspecified atom stereocenters. The van der Waals surface area contributed by atoms with E-state index in [0.717, 1.165) is 12.0 Å². The Hall–Kier alpha value is -2.49. The highest BCUT2D eigenvalue weighted by atomic mass is 16.2. The Morgan fingerprint density at radius 2 is 1.84 bits per heavy atom. The molecule has 94 valence electrons. The molecule has 4 nitrogen and oxygen atoms in total. The molecule has 0 radical (unpaired) electrons. The first-order valence-electron chi connectivity index (χ1n) is 6.15. The van der Waals surface area contributed by atoms with E-state index in [1.807, 2.05) is 13.0 Å². The standard InChI is InChI=1S/C15H12N2O2/c1-2-10-8-12-13(16-9-10)15(19)17(14(12)18)11-6-4-3-5-7-11/h3-9H,2H2,1H3. The van der Waals surface area contributed by atoms with Crippen LogP contribution in [0.5, 0.6) is 0 Å². The predicted octanol–water partition coefficient (Wildman–Crippen LogP) is 2.44. The normalized spacial score (nSPS) is 13.8. The molecule has 0 atom stereocenters. The number of benzene rings is 1. The third-order valence-corrected chi connectivity index (χ3v) is 3.21. The molecule has 2 heterocycles. The summed E-state index contributed by atoms with van der Waals surface area (Å²) in [6.45, 7) is 1.99. The van der Waals surface area contributed by atoms with Gasteiger partial charge in [0, 0.05) is 6.20 Å². The minimum Gasteiger partial charge on any atom is -0.268 e. The zero-order valence-electron chi connectivity index (χ0n) is 10.5. The fraction of sp³-hybridized carbons (Fsp3) is 0.133. The molecular weight excluding hydrogens is 240 g/mol. The van der Waals surface area contributed by atoms with Gasteiger partial charge in [-0.25, -0.2) is 9.88 Å². The summed E-state index contributed by atoms with van der Waals surface area (Å²) in [6.07, 6.45) is 2.44. The first-order valence-corrected chi connectivity index (χ1v) is 6.15. The van der Waals surface area contributed by atoms with Gasteiger partial charge in [-0.3, -0.25) is 9.59 Å². The molecule has 0 saturated carbocycles. The first-order chi connectivity index (χ1) is 9.22. The van der Waals surface area contributed by atoms with E-state index in [1.54, 1.807) is 36.5 Å². The number of nitrogens with zero attached hydrogens (tertiary/aromatic N) is 2. The van der Waals surface area contributed by atoms with Crippen molar-refractivity contribution in [1.82, 2.24) is 4.98 Å². The van der Waals surface area contributed by atoms with Gasteiger partial charge in [0.25, 0.3) is 11.8 Å². The number of amides is 2. The number of pyridine rings is 1. The van der Waals surface area contributed by atoms with Crippen molar-refractivity contribution in [2.24, 2.45) is 0 Å². The summed E-state index contributed by atoms with van der Waals surface area (Å²) in [7, 11) is 0. The van der Waals surface area contributed by atoms with Crippen molar-refractivity contribution >= 4 is 17.5 Å². The molecule has 4 heteroatoms. The van der Waals surface area contributed by atoms with Gasteiger partial charge in [-0.2, -0.15) is 0 Å². The number of carbonyl (C=O) groups is 2. The van der Waals surface area contributed by atoms with E-state index in [4.69, 9.17) is 0 Å². The van der Waals surface area contributed by atoms with Crippen LogP contribution in [0.1, 0.15) is 33.3 Å². The van der Waals surface area contributed by atoms with Crippen LogP contribution in [0, 0.1) is 0 Å². The molecule has 2 aromatic rings. The van der Waals surface area contributed by atoms with Crippen LogP contribution in [-0.2, 0) is 6.42 Å². The zero-order valence-corrected chi connectivity index (χ0v) is 10.5. The van der Waals surface area contributed by atoms with Gasteiger partial charge < -0.3 is 0 Å². The van der Waals surface area contributed by atoms with Gasteiger partial charge in [-0.15, -0.1) is 0 Å². The largest absolute Gasteiger partial charge is 0.284 e. The fourth-order valence-electron chi connectivity index (χ4n) is 2.16. The first kappa shape index (κ1) is 11.6. The number of hydrogen-bond acceptors (Lipinski definition) is 3. The molecule has 0 fully saturated rings. The number of para-hydroxylation sites is 1. The van der Waals surface area contributed by atoms with Gasteiger partial charge in [0.2, 0.25) is 0 Å². The van der Waals surface area contributed by atoms with Gasteiger partial charge in [0.15, 0.2) is 0 Å². The van der Waals surface area contributed by atoms with Crippen molar-refractivity contribution in [3.8, 4) is 0 Å². The molecule has 1 aliphatic rings. The highest BCUT2D eigenvalue weighted by molar-refractivity contribution is 6.33. The average Bonchev–Trinajstić information content (AvgIpc) is 2.71. The third kappa shape index (κ3) is 1.73. The lowest BCUT2D eigenvalue weighted by Crippen LogP contribution is -2.29. The Morgan fingerprint density at radius 1 is 1.11 bits per heavy atom. The van der Waals surface area contributed by atoms with Crippen LogP contribution >= 0.6 is 0 Å². The monoisotopic (exact) mass is 252 g/mol. The lowest BCUT2D eigenvalue weighted by molar-refractivity contribution is 0.0924. The predicted molar refractivity (Wildman–Crippen MR) is 71.2 cm³/mol. The average molecular weight is 252 g/mol. The molecule has 2 amide bonds. The van der Waals surface area contributed by atoms with Crippen LogP contribution in [0.25, 0.3) is 0 Å². The Morgan fingerprint density at radius 3 is 2.53 bits per heavy atom. The van der Waals surface area contributed by atoms with Gasteiger partial charge >= 0.3 is 0 Å². The van der Waals surface area contributed by atoms with Crippen LogP contribution in [0.3, 0.4) is 0 Å². The number of fused-ring (bicyclic) bond motifs is 1. The maximum Gasteiger partial charge on any atom is 0.284 e. The summed E-state index contributed by atoms with van der Waals surface area (Å²) in [4.78, 5) is 29.9. The Bertz CT molecular complexity index is 665. The Labute approximate surface area is 110 Å². The Balaban J connectivity index is 2.10. The summed E-state index contributed by atoms with van der Waals surface area (Å²) in [6, 6.07) is 10.7. The SMILES string of the molecule is CCc1cnc2c(c1)C(=O)N(c1ccccc1)C2=O. The molecule has 1 aromatic heterocycles. The minimum atomic E-state index is -0.353. The minimum absolute atomic E-state index is 0.242. The molecule has 1 aliphatic heterocycles. The summed E-state index contributed by atoms with van der Waals surface area (Å²) in [5, 5.41) is 0. The zero-order chi connectivity index (χ0) is 13.4. The second-order valence-electron chi connectivity index (χ2n) is 4.37. The van der Waals surface area contributed by atoms with Crippen LogP contribution < -0.4 is 4.90 Å². The smallest absolute Gasteiger partial charge is 0.268 e. The second kappa shape index (κ2) is 4.31. The summed E-state index contributed by atoms with van der Waals surface area (Å²) >= 11 is 0. The van der Waals surface area contributed by atoms with Crippen LogP contribution in [0.2, 0.25) is 0 Å². The fourth-order valence-corrected chi connectivity index (χ4v) is 2.16. The lowest BCUT2D eigenvalue weighted by atomic mass is 10.1. The molecule has 0 saturated heterocycles. The number of anilines is 1. The topological polar surface area (TPSA) is 50.3 Å². The number of rotatable bonds is 2. The van der Waals surface area contributed by atoms with Gasteiger partial charge in [0.05, 0.1) is 11.3 Å². The maximum atomic E-state index is 12.3. The maximum absolute atomic E-state index is 12.3. The highest BCUT2D eigenvalue weighted by Crippen LogP contribution is 2.27.